The number of rotatable bonds is 21. The van der Waals surface area contributed by atoms with Gasteiger partial charge in [0, 0.05) is 57.6 Å². The Hall–Kier alpha value is -8.48. The number of para-hydroxylation sites is 4. The van der Waals surface area contributed by atoms with Gasteiger partial charge in [-0.1, -0.05) is 125 Å². The average Bonchev–Trinajstić information content (AvgIpc) is 1.72. The zero-order chi connectivity index (χ0) is 83.8. The Balaban J connectivity index is 0.000000388. The topological polar surface area (TPSA) is 415 Å². The van der Waals surface area contributed by atoms with E-state index >= 15 is 0 Å². The molecule has 4 heterocycles. The molecule has 25 nitrogen and oxygen atoms in total. The van der Waals surface area contributed by atoms with Gasteiger partial charge in [-0.25, -0.2) is 19.2 Å². The van der Waals surface area contributed by atoms with Crippen LogP contribution in [0.15, 0.2) is 294 Å². The van der Waals surface area contributed by atoms with E-state index in [0.717, 1.165) is 114 Å². The molecule has 0 aliphatic carbocycles. The number of ether oxygens (including phenoxy) is 6. The second kappa shape index (κ2) is 55.0. The minimum Gasteiger partial charge on any atom is -1.00 e. The first-order valence-corrected chi connectivity index (χ1v) is 38.2. The molecule has 0 amide bonds. The van der Waals surface area contributed by atoms with E-state index in [9.17, 15) is 24.3 Å². The summed E-state index contributed by atoms with van der Waals surface area (Å²) in [7, 11) is 2.58. The summed E-state index contributed by atoms with van der Waals surface area (Å²) >= 11 is 10.3. The molecular formula is C89H81BBr3ClK2LiN3O22. The summed E-state index contributed by atoms with van der Waals surface area (Å²) < 4.78 is 55.5. The van der Waals surface area contributed by atoms with Crippen LogP contribution in [-0.4, -0.2) is 84.5 Å². The van der Waals surface area contributed by atoms with Crippen molar-refractivity contribution in [2.24, 2.45) is 17.2 Å². The van der Waals surface area contributed by atoms with Gasteiger partial charge in [0.1, 0.15) is 87.4 Å². The summed E-state index contributed by atoms with van der Waals surface area (Å²) in [5, 5.41) is 49.3. The molecule has 0 bridgehead atoms. The molecule has 0 unspecified atom stereocenters. The molecule has 0 saturated carbocycles. The number of carboxylic acids is 1. The van der Waals surface area contributed by atoms with Gasteiger partial charge in [0.2, 0.25) is 0 Å². The number of carbonyl (C=O) groups excluding carboxylic acids is 4. The fraction of sp³-hybridized carbons (Fsp3) is 0.112. The van der Waals surface area contributed by atoms with E-state index in [1.54, 1.807) is 110 Å². The zero-order valence-corrected chi connectivity index (χ0v) is 78.8. The number of nitrogens with two attached hydrogens (primary N) is 3. The fourth-order valence-electron chi connectivity index (χ4n) is 11.6. The molecule has 0 aliphatic heterocycles. The Bertz CT molecular complexity index is 5870. The van der Waals surface area contributed by atoms with E-state index in [-0.39, 0.29) is 171 Å². The molecule has 0 fully saturated rings. The van der Waals surface area contributed by atoms with Crippen molar-refractivity contribution in [1.29, 1.82) is 0 Å². The summed E-state index contributed by atoms with van der Waals surface area (Å²) in [6.45, 7) is 2.06. The molecule has 0 aliphatic rings. The van der Waals surface area contributed by atoms with Crippen LogP contribution in [0, 0.1) is 0 Å². The first-order valence-electron chi connectivity index (χ1n) is 35.5. The number of hydrogen-bond acceptors (Lipinski definition) is 24. The number of aromatic carboxylic acids is 1. The maximum Gasteiger partial charge on any atom is 1.00 e. The number of phenolic OH excluding ortho intramolecular Hbond substituents is 1. The summed E-state index contributed by atoms with van der Waals surface area (Å²) in [6.07, 6.45) is 6.68. The van der Waals surface area contributed by atoms with Gasteiger partial charge >= 0.3 is 153 Å². The normalized spacial score (nSPS) is 9.93. The summed E-state index contributed by atoms with van der Waals surface area (Å²) in [6, 6.07) is 73.8. The molecule has 15 aromatic rings. The van der Waals surface area contributed by atoms with Gasteiger partial charge in [-0.2, -0.15) is 0 Å². The van der Waals surface area contributed by atoms with Gasteiger partial charge in [0.25, 0.3) is 6.47 Å². The zero-order valence-electron chi connectivity index (χ0n) is 68.0. The van der Waals surface area contributed by atoms with E-state index in [1.807, 2.05) is 121 Å². The predicted molar refractivity (Wildman–Crippen MR) is 463 cm³/mol. The number of fused-ring (bicyclic) bond motifs is 4. The fourth-order valence-corrected chi connectivity index (χ4v) is 13.2. The predicted octanol–water partition coefficient (Wildman–Crippen LogP) is 8.22. The summed E-state index contributed by atoms with van der Waals surface area (Å²) in [4.78, 5) is 57.2. The molecule has 0 atom stereocenters. The van der Waals surface area contributed by atoms with Crippen LogP contribution in [-0.2, 0) is 68.7 Å². The van der Waals surface area contributed by atoms with Gasteiger partial charge in [-0.15, -0.1) is 12.4 Å². The number of esters is 3. The van der Waals surface area contributed by atoms with Crippen molar-refractivity contribution >= 4 is 147 Å². The van der Waals surface area contributed by atoms with E-state index in [0.29, 0.717) is 66.7 Å². The molecule has 618 valence electrons. The van der Waals surface area contributed by atoms with Crippen LogP contribution in [0.4, 0.5) is 0 Å². The van der Waals surface area contributed by atoms with E-state index < -0.39 is 31.0 Å². The van der Waals surface area contributed by atoms with Crippen LogP contribution in [0.1, 0.15) is 81.8 Å². The van der Waals surface area contributed by atoms with Crippen molar-refractivity contribution in [1.82, 2.24) is 0 Å². The standard InChI is InChI=1S/C24H21NO4.C23H19NO4.C17H13BrO4.C9H6Br2O.C8H8O3.C7H10BNO2.CH2O3.ClH.2K.Li.H2O.H/c1-27-24(26)20-7-2-3-8-22(20)29-15-17-12-19-9-10-28-23(19)21(13-17)18-6-4-5-16(11-18)14-25;24-13-15-4-3-5-17(10-15)20-12-16(11-18-8-9-27-22(18)20)14-28-21-7-2-1-6-19(21)23(25)26;1-20-17(19)13-4-2-3-5-15(13)22-10-11-8-12-6-7-21-16(12)14(18)9-11;10-5-6-3-7-1-2-12-9(7)8(11)4-6;1-11-8(10)6-4-2-3-5-7(6)9;9-5-6-2-1-3-7(4-6)8(10)11;2-1-4-3;;;;;;/h2-13H,14-15,25H2,1H3;1-12H,13-14,24H2,(H,25,26);2-9H,10H2,1H3;1-4H,5H2;2-5,9H,1H3;1-4,10-11H,5,9H2;1,3H;1H;;;;1H2;/q;;;;;;;;3*+1;;-1/p-2. The Morgan fingerprint density at radius 2 is 0.770 bits per heavy atom. The van der Waals surface area contributed by atoms with Crippen molar-refractivity contribution in [3.63, 3.8) is 0 Å². The molecular weight excluding hydrogens is 1830 g/mol. The number of hydrogen-bond donors (Lipinski definition) is 7. The van der Waals surface area contributed by atoms with E-state index in [1.165, 1.54) is 45.1 Å². The molecule has 4 aromatic heterocycles. The number of methoxy groups -OCH3 is 3. The van der Waals surface area contributed by atoms with Crippen LogP contribution in [0.3, 0.4) is 0 Å². The van der Waals surface area contributed by atoms with Crippen molar-refractivity contribution in [3.8, 4) is 45.3 Å². The first-order chi connectivity index (χ1) is 56.7. The molecule has 15 rings (SSSR count). The third-order valence-corrected chi connectivity index (χ3v) is 19.0. The van der Waals surface area contributed by atoms with Crippen LogP contribution in [0.5, 0.6) is 23.0 Å². The van der Waals surface area contributed by atoms with Crippen molar-refractivity contribution < 1.29 is 229 Å². The third kappa shape index (κ3) is 30.4. The maximum atomic E-state index is 12.0. The number of aromatic hydroxyl groups is 1. The van der Waals surface area contributed by atoms with Crippen molar-refractivity contribution in [3.05, 3.63) is 338 Å². The second-order valence-corrected chi connectivity index (χ2v) is 27.2. The summed E-state index contributed by atoms with van der Waals surface area (Å²) in [5.74, 6) is -1.11. The Morgan fingerprint density at radius 1 is 0.443 bits per heavy atom. The Morgan fingerprint density at radius 3 is 1.15 bits per heavy atom. The van der Waals surface area contributed by atoms with Crippen molar-refractivity contribution in [2.45, 2.75) is 44.8 Å². The quantitative estimate of drug-likeness (QED) is 0.00677. The molecule has 33 heteroatoms. The van der Waals surface area contributed by atoms with Gasteiger partial charge in [0.15, 0.2) is 0 Å². The Labute approximate surface area is 832 Å². The molecule has 11 aromatic carbocycles. The van der Waals surface area contributed by atoms with Gasteiger partial charge in [-0.05, 0) is 221 Å². The van der Waals surface area contributed by atoms with Crippen LogP contribution in [0.2, 0.25) is 0 Å². The number of benzene rings is 11. The molecule has 11 N–H and O–H groups in total. The largest absolute Gasteiger partial charge is 1.00 e. The number of alkyl halides is 1. The van der Waals surface area contributed by atoms with Crippen molar-refractivity contribution in [2.75, 3.05) is 21.3 Å². The third-order valence-electron chi connectivity index (χ3n) is 17.2. The molecule has 0 spiro atoms. The monoisotopic (exact) mass is 1910 g/mol. The first kappa shape index (κ1) is 106. The molecule has 0 radical (unpaired) electrons. The molecule has 122 heavy (non-hydrogen) atoms. The number of carbonyl (C=O) groups is 5. The number of phenols is 1. The second-order valence-electron chi connectivity index (χ2n) is 24.9. The van der Waals surface area contributed by atoms with Gasteiger partial charge in [-0.3, -0.25) is 4.79 Å². The number of carboxylic acid groups (broad SMARTS) is 1. The van der Waals surface area contributed by atoms with Gasteiger partial charge < -0.3 is 101 Å². The summed E-state index contributed by atoms with van der Waals surface area (Å²) in [5.41, 5.74) is 32.9. The van der Waals surface area contributed by atoms with E-state index in [2.05, 4.69) is 75.6 Å². The van der Waals surface area contributed by atoms with Crippen LogP contribution in [0.25, 0.3) is 66.1 Å². The number of halogens is 4. The SMILES string of the molecule is BrCc1cc(Br)c2occc2c1.COC(=O)c1ccccc1O.COC(=O)c1ccccc1OCc1cc(-c2cccc(CN)c2)c2occc2c1.COC(=O)c1ccccc1OCc1cc(Br)c2occc2c1.Cl.NCc1cccc(-c2cc(COc3ccccc3C(=O)O)cc3ccoc23)c1.NCc1cccc(B(O)O)c1.O=CO[O-].[H-].[K+].[K+].[Li+].[OH-]. The van der Waals surface area contributed by atoms with Gasteiger partial charge in [0.05, 0.1) is 55.3 Å². The maximum absolute atomic E-state index is 12.0. The molecule has 0 saturated heterocycles. The van der Waals surface area contributed by atoms with Crippen LogP contribution >= 0.6 is 60.2 Å². The number of furan rings is 4. The van der Waals surface area contributed by atoms with E-state index in [4.69, 9.17) is 83.8 Å². The smallest absolute Gasteiger partial charge is 1.00 e. The average molecular weight is 1920 g/mol. The Kier molecular flexibility index (Phi) is 47.7. The minimum absolute atomic E-state index is 0. The minimum atomic E-state index is -1.40. The van der Waals surface area contributed by atoms with Crippen LogP contribution < -0.4 is 164 Å².